The summed E-state index contributed by atoms with van der Waals surface area (Å²) in [6, 6.07) is 0.357. The van der Waals surface area contributed by atoms with E-state index in [9.17, 15) is 0 Å². The molecule has 0 aromatic carbocycles. The van der Waals surface area contributed by atoms with Gasteiger partial charge in [0.2, 0.25) is 0 Å². The molecule has 60 valence electrons. The van der Waals surface area contributed by atoms with E-state index in [2.05, 4.69) is 22.3 Å². The highest BCUT2D eigenvalue weighted by atomic mass is 32.2. The zero-order valence-corrected chi connectivity index (χ0v) is 7.36. The fourth-order valence-corrected chi connectivity index (χ4v) is 2.25. The Morgan fingerprint density at radius 2 is 2.20 bits per heavy atom. The topological polar surface area (TPSA) is 29.3 Å². The van der Waals surface area contributed by atoms with Gasteiger partial charge in [-0.05, 0) is 12.7 Å². The first kappa shape index (κ1) is 8.11. The maximum Gasteiger partial charge on any atom is 0.0232 e. The Bertz CT molecular complexity index is 206. The van der Waals surface area contributed by atoms with Gasteiger partial charge in [-0.25, -0.2) is 0 Å². The van der Waals surface area contributed by atoms with E-state index >= 15 is 0 Å². The van der Waals surface area contributed by atoms with Crippen LogP contribution in [-0.2, 0) is 0 Å². The molecule has 1 aliphatic rings. The Morgan fingerprint density at radius 3 is 2.40 bits per heavy atom. The predicted octanol–water partition coefficient (Wildman–Crippen LogP) is 0.233. The predicted molar refractivity (Wildman–Crippen MR) is 51.9 cm³/mol. The van der Waals surface area contributed by atoms with Crippen molar-refractivity contribution in [3.05, 3.63) is 0 Å². The Morgan fingerprint density at radius 1 is 1.60 bits per heavy atom. The molecule has 1 saturated heterocycles. The van der Waals surface area contributed by atoms with E-state index in [-0.39, 0.29) is 0 Å². The van der Waals surface area contributed by atoms with Crippen molar-refractivity contribution < 1.29 is 0 Å². The largest absolute Gasteiger partial charge is 0.326 e. The molecule has 1 heterocycles. The van der Waals surface area contributed by atoms with Crippen LogP contribution in [0.2, 0.25) is 0 Å². The third-order valence-electron chi connectivity index (χ3n) is 1.81. The van der Waals surface area contributed by atoms with Crippen LogP contribution < -0.4 is 5.73 Å². The summed E-state index contributed by atoms with van der Waals surface area (Å²) in [5, 5.41) is 0. The molecule has 0 radical (unpaired) electrons. The van der Waals surface area contributed by atoms with Crippen LogP contribution in [0.15, 0.2) is 0 Å². The van der Waals surface area contributed by atoms with E-state index in [4.69, 9.17) is 5.73 Å². The number of rotatable bonds is 1. The van der Waals surface area contributed by atoms with Crippen molar-refractivity contribution in [2.45, 2.75) is 12.5 Å². The SMILES string of the molecule is C=S(=C)(C)N1CCC(N)C1. The molecule has 1 atom stereocenters. The minimum Gasteiger partial charge on any atom is -0.326 e. The second-order valence-corrected chi connectivity index (χ2v) is 6.12. The van der Waals surface area contributed by atoms with Crippen molar-refractivity contribution in [3.63, 3.8) is 0 Å². The maximum atomic E-state index is 5.74. The number of hydrogen-bond acceptors (Lipinski definition) is 2. The van der Waals surface area contributed by atoms with Crippen molar-refractivity contribution in [2.24, 2.45) is 5.73 Å². The molecule has 1 aliphatic heterocycles. The molecule has 0 spiro atoms. The molecular weight excluding hydrogens is 144 g/mol. The monoisotopic (exact) mass is 160 g/mol. The summed E-state index contributed by atoms with van der Waals surface area (Å²) in [5.41, 5.74) is 5.74. The van der Waals surface area contributed by atoms with Crippen LogP contribution in [0.25, 0.3) is 0 Å². The van der Waals surface area contributed by atoms with Crippen molar-refractivity contribution in [3.8, 4) is 0 Å². The molecule has 0 amide bonds. The molecule has 3 heteroatoms. The minimum atomic E-state index is -0.982. The first-order valence-corrected chi connectivity index (χ1v) is 5.79. The van der Waals surface area contributed by atoms with Gasteiger partial charge in [0.1, 0.15) is 0 Å². The van der Waals surface area contributed by atoms with E-state index in [0.29, 0.717) is 6.04 Å². The molecule has 0 aromatic rings. The van der Waals surface area contributed by atoms with Crippen LogP contribution in [0.3, 0.4) is 0 Å². The zero-order valence-electron chi connectivity index (χ0n) is 6.55. The number of hydrogen-bond donors (Lipinski definition) is 1. The molecule has 2 nitrogen and oxygen atoms in total. The molecule has 0 saturated carbocycles. The lowest BCUT2D eigenvalue weighted by Crippen LogP contribution is -2.24. The van der Waals surface area contributed by atoms with Gasteiger partial charge in [-0.3, -0.25) is 4.31 Å². The minimum absolute atomic E-state index is 0.357. The molecule has 1 unspecified atom stereocenters. The molecule has 2 N–H and O–H groups in total. The van der Waals surface area contributed by atoms with Crippen LogP contribution in [-0.4, -0.2) is 41.4 Å². The lowest BCUT2D eigenvalue weighted by Gasteiger charge is -2.21. The zero-order chi connectivity index (χ0) is 7.78. The fourth-order valence-electron chi connectivity index (χ4n) is 1.15. The number of nitrogens with zero attached hydrogens (tertiary/aromatic N) is 1. The highest BCUT2D eigenvalue weighted by molar-refractivity contribution is 8.25. The summed E-state index contributed by atoms with van der Waals surface area (Å²) < 4.78 is 2.30. The fraction of sp³-hybridized carbons (Fsp3) is 0.714. The Kier molecular flexibility index (Phi) is 2.08. The van der Waals surface area contributed by atoms with Crippen LogP contribution in [0, 0.1) is 0 Å². The normalized spacial score (nSPS) is 29.2. The summed E-state index contributed by atoms with van der Waals surface area (Å²) in [6.07, 6.45) is 3.21. The first-order chi connectivity index (χ1) is 4.50. The van der Waals surface area contributed by atoms with Gasteiger partial charge in [0, 0.05) is 19.1 Å². The number of nitrogens with two attached hydrogens (primary N) is 1. The molecule has 0 aliphatic carbocycles. The lowest BCUT2D eigenvalue weighted by atomic mass is 10.3. The second-order valence-electron chi connectivity index (χ2n) is 3.16. The molecule has 0 aromatic heterocycles. The highest BCUT2D eigenvalue weighted by Crippen LogP contribution is 2.25. The highest BCUT2D eigenvalue weighted by Gasteiger charge is 2.19. The van der Waals surface area contributed by atoms with Crippen LogP contribution in [0.1, 0.15) is 6.42 Å². The average molecular weight is 160 g/mol. The van der Waals surface area contributed by atoms with Crippen LogP contribution in [0.5, 0.6) is 0 Å². The van der Waals surface area contributed by atoms with Gasteiger partial charge in [0.05, 0.1) is 0 Å². The molecule has 10 heavy (non-hydrogen) atoms. The molecular formula is C7H16N2S. The van der Waals surface area contributed by atoms with Crippen molar-refractivity contribution in [1.82, 2.24) is 4.31 Å². The Balaban J connectivity index is 2.62. The van der Waals surface area contributed by atoms with E-state index in [0.717, 1.165) is 19.5 Å². The summed E-state index contributed by atoms with van der Waals surface area (Å²) in [7, 11) is -0.982. The smallest absolute Gasteiger partial charge is 0.0232 e. The van der Waals surface area contributed by atoms with Crippen molar-refractivity contribution in [1.29, 1.82) is 0 Å². The third kappa shape index (κ3) is 1.75. The van der Waals surface area contributed by atoms with Crippen molar-refractivity contribution >= 4 is 21.1 Å². The van der Waals surface area contributed by atoms with E-state index in [1.54, 1.807) is 0 Å². The van der Waals surface area contributed by atoms with Gasteiger partial charge in [-0.15, -0.1) is 0 Å². The van der Waals surface area contributed by atoms with Crippen molar-refractivity contribution in [2.75, 3.05) is 19.3 Å². The van der Waals surface area contributed by atoms with Gasteiger partial charge in [-0.1, -0.05) is 11.7 Å². The van der Waals surface area contributed by atoms with E-state index < -0.39 is 9.39 Å². The third-order valence-corrected chi connectivity index (χ3v) is 3.39. The summed E-state index contributed by atoms with van der Waals surface area (Å²) in [4.78, 5) is 0. The van der Waals surface area contributed by atoms with Gasteiger partial charge in [0.25, 0.3) is 0 Å². The molecule has 0 bridgehead atoms. The molecule has 1 rings (SSSR count). The first-order valence-electron chi connectivity index (χ1n) is 3.45. The lowest BCUT2D eigenvalue weighted by molar-refractivity contribution is 0.572. The standard InChI is InChI=1S/C7H16N2S/c1-10(2,3)9-5-4-7(8)6-9/h7H,1-2,4-6,8H2,3H3. The summed E-state index contributed by atoms with van der Waals surface area (Å²) >= 11 is 0. The van der Waals surface area contributed by atoms with E-state index in [1.165, 1.54) is 0 Å². The Labute approximate surface area is 63.6 Å². The average Bonchev–Trinajstić information content (AvgIpc) is 2.11. The summed E-state index contributed by atoms with van der Waals surface area (Å²) in [5.74, 6) is 8.06. The second kappa shape index (κ2) is 2.57. The van der Waals surface area contributed by atoms with Crippen LogP contribution in [0.4, 0.5) is 0 Å². The maximum absolute atomic E-state index is 5.74. The van der Waals surface area contributed by atoms with Gasteiger partial charge >= 0.3 is 0 Å². The van der Waals surface area contributed by atoms with Gasteiger partial charge in [-0.2, -0.15) is 9.39 Å². The van der Waals surface area contributed by atoms with E-state index in [1.807, 2.05) is 0 Å². The van der Waals surface area contributed by atoms with Crippen LogP contribution >= 0.6 is 9.39 Å². The summed E-state index contributed by atoms with van der Waals surface area (Å²) in [6.45, 7) is 2.07. The van der Waals surface area contributed by atoms with Gasteiger partial charge < -0.3 is 5.73 Å². The quantitative estimate of drug-likeness (QED) is 0.557. The Hall–Kier alpha value is 0.01000. The van der Waals surface area contributed by atoms with Gasteiger partial charge in [0.15, 0.2) is 0 Å². The molecule has 1 fully saturated rings.